The summed E-state index contributed by atoms with van der Waals surface area (Å²) < 4.78 is 5.20. The van der Waals surface area contributed by atoms with Crippen LogP contribution in [0.25, 0.3) is 0 Å². The molecule has 0 aromatic rings. The first-order valence-electron chi connectivity index (χ1n) is 11.1. The van der Waals surface area contributed by atoms with Crippen molar-refractivity contribution in [2.75, 3.05) is 6.61 Å². The Morgan fingerprint density at radius 2 is 1.85 bits per heavy atom. The lowest BCUT2D eigenvalue weighted by atomic mass is 9.43. The molecule has 2 N–H and O–H groups in total. The molecule has 0 unspecified atom stereocenters. The van der Waals surface area contributed by atoms with Crippen LogP contribution in [0, 0.1) is 34.5 Å². The van der Waals surface area contributed by atoms with Crippen molar-refractivity contribution < 1.29 is 19.7 Å². The van der Waals surface area contributed by atoms with Gasteiger partial charge in [0.2, 0.25) is 0 Å². The number of aliphatic hydroxyl groups excluding tert-OH is 1. The molecular weight excluding hydrogens is 340 g/mol. The third-order valence-electron chi connectivity index (χ3n) is 9.96. The fourth-order valence-corrected chi connectivity index (χ4v) is 8.39. The Balaban J connectivity index is 1.47. The minimum Gasteiger partial charge on any atom is -0.458 e. The normalized spacial score (nSPS) is 54.6. The zero-order valence-electron chi connectivity index (χ0n) is 16.7. The van der Waals surface area contributed by atoms with Gasteiger partial charge in [-0.3, -0.25) is 0 Å². The highest BCUT2D eigenvalue weighted by molar-refractivity contribution is 5.85. The zero-order valence-corrected chi connectivity index (χ0v) is 16.7. The van der Waals surface area contributed by atoms with Gasteiger partial charge in [-0.25, -0.2) is 4.79 Å². The van der Waals surface area contributed by atoms with Crippen molar-refractivity contribution in [3.8, 4) is 0 Å². The smallest absolute Gasteiger partial charge is 0.331 e. The molecule has 8 atom stereocenters. The van der Waals surface area contributed by atoms with Crippen molar-refractivity contribution in [3.05, 3.63) is 11.6 Å². The van der Waals surface area contributed by atoms with Crippen molar-refractivity contribution in [3.63, 3.8) is 0 Å². The highest BCUT2D eigenvalue weighted by Crippen LogP contribution is 2.69. The van der Waals surface area contributed by atoms with Gasteiger partial charge in [0.25, 0.3) is 0 Å². The molecule has 0 saturated heterocycles. The van der Waals surface area contributed by atoms with Gasteiger partial charge < -0.3 is 14.9 Å². The van der Waals surface area contributed by atoms with Crippen LogP contribution in [0.5, 0.6) is 0 Å². The highest BCUT2D eigenvalue weighted by atomic mass is 16.5. The summed E-state index contributed by atoms with van der Waals surface area (Å²) in [6.07, 6.45) is 10.8. The van der Waals surface area contributed by atoms with Crippen LogP contribution in [0.1, 0.15) is 71.6 Å². The monoisotopic (exact) mass is 374 g/mol. The zero-order chi connectivity index (χ0) is 19.0. The third kappa shape index (κ3) is 2.32. The molecule has 5 rings (SSSR count). The molecule has 0 radical (unpaired) electrons. The number of fused-ring (bicyclic) bond motifs is 5. The minimum absolute atomic E-state index is 0.126. The van der Waals surface area contributed by atoms with E-state index in [4.69, 9.17) is 4.74 Å². The number of aliphatic hydroxyl groups is 2. The van der Waals surface area contributed by atoms with E-state index in [1.807, 2.05) is 0 Å². The van der Waals surface area contributed by atoms with Gasteiger partial charge in [-0.05, 0) is 92.4 Å². The molecule has 4 heteroatoms. The van der Waals surface area contributed by atoms with Crippen molar-refractivity contribution >= 4 is 5.97 Å². The van der Waals surface area contributed by atoms with E-state index in [0.717, 1.165) is 56.9 Å². The lowest BCUT2D eigenvalue weighted by molar-refractivity contribution is -0.208. The molecule has 5 aliphatic rings. The van der Waals surface area contributed by atoms with Gasteiger partial charge in [0.05, 0.1) is 11.7 Å². The SMILES string of the molecule is C[C@]12CC[C@H](O)C[C@@H]1CC[C@@H]1[C@@H]2CC[C@@]2(C)[C@@H](C3=CC(=O)OC3)CC[C@]12O. The Hall–Kier alpha value is -0.870. The molecule has 0 amide bonds. The molecule has 1 aliphatic heterocycles. The second-order valence-corrected chi connectivity index (χ2v) is 10.7. The van der Waals surface area contributed by atoms with E-state index in [1.165, 1.54) is 6.42 Å². The number of hydrogen-bond donors (Lipinski definition) is 2. The molecule has 27 heavy (non-hydrogen) atoms. The summed E-state index contributed by atoms with van der Waals surface area (Å²) >= 11 is 0. The number of carbonyl (C=O) groups excluding carboxylic acids is 1. The van der Waals surface area contributed by atoms with Gasteiger partial charge in [-0.15, -0.1) is 0 Å². The van der Waals surface area contributed by atoms with Gasteiger partial charge >= 0.3 is 5.97 Å². The molecule has 4 fully saturated rings. The van der Waals surface area contributed by atoms with Crippen LogP contribution in [-0.2, 0) is 9.53 Å². The van der Waals surface area contributed by atoms with E-state index in [9.17, 15) is 15.0 Å². The Kier molecular flexibility index (Phi) is 3.92. The first-order chi connectivity index (χ1) is 12.8. The predicted octanol–water partition coefficient (Wildman–Crippen LogP) is 3.60. The van der Waals surface area contributed by atoms with Crippen LogP contribution in [0.3, 0.4) is 0 Å². The Labute approximate surface area is 162 Å². The van der Waals surface area contributed by atoms with Crippen LogP contribution >= 0.6 is 0 Å². The van der Waals surface area contributed by atoms with E-state index in [2.05, 4.69) is 13.8 Å². The van der Waals surface area contributed by atoms with Crippen molar-refractivity contribution in [2.45, 2.75) is 83.3 Å². The largest absolute Gasteiger partial charge is 0.458 e. The fraction of sp³-hybridized carbons (Fsp3) is 0.870. The molecule has 0 aromatic carbocycles. The number of cyclic esters (lactones) is 1. The lowest BCUT2D eigenvalue weighted by Gasteiger charge is -2.63. The molecular formula is C23H34O4. The van der Waals surface area contributed by atoms with Crippen molar-refractivity contribution in [2.24, 2.45) is 34.5 Å². The molecule has 0 aromatic heterocycles. The second kappa shape index (κ2) is 5.82. The Bertz CT molecular complexity index is 686. The van der Waals surface area contributed by atoms with E-state index in [1.54, 1.807) is 6.08 Å². The van der Waals surface area contributed by atoms with Crippen LogP contribution < -0.4 is 0 Å². The summed E-state index contributed by atoms with van der Waals surface area (Å²) in [5.41, 5.74) is 0.600. The number of rotatable bonds is 1. The summed E-state index contributed by atoms with van der Waals surface area (Å²) in [5, 5.41) is 22.3. The topological polar surface area (TPSA) is 66.8 Å². The predicted molar refractivity (Wildman–Crippen MR) is 102 cm³/mol. The Morgan fingerprint density at radius 3 is 2.59 bits per heavy atom. The standard InChI is InChI=1S/C23H34O4/c1-21-8-5-16(24)12-15(21)3-4-19-18(21)6-9-22(2)17(7-10-23(19,22)26)14-11-20(25)27-13-14/h11,15-19,24,26H,3-10,12-13H2,1-2H3/t15-,16-,17+,18-,19+,21-,22-,23-/m0/s1. The Morgan fingerprint density at radius 1 is 1.04 bits per heavy atom. The summed E-state index contributed by atoms with van der Waals surface area (Å²) in [6, 6.07) is 0. The van der Waals surface area contributed by atoms with Crippen LogP contribution in [0.2, 0.25) is 0 Å². The minimum atomic E-state index is -0.628. The molecule has 1 heterocycles. The van der Waals surface area contributed by atoms with Crippen LogP contribution in [0.4, 0.5) is 0 Å². The molecule has 150 valence electrons. The quantitative estimate of drug-likeness (QED) is 0.688. The third-order valence-corrected chi connectivity index (χ3v) is 9.96. The summed E-state index contributed by atoms with van der Waals surface area (Å²) in [4.78, 5) is 11.6. The summed E-state index contributed by atoms with van der Waals surface area (Å²) in [7, 11) is 0. The number of ether oxygens (including phenoxy) is 1. The lowest BCUT2D eigenvalue weighted by Crippen LogP contribution is -2.62. The van der Waals surface area contributed by atoms with E-state index in [-0.39, 0.29) is 28.8 Å². The number of carbonyl (C=O) groups is 1. The van der Waals surface area contributed by atoms with Gasteiger partial charge in [-0.2, -0.15) is 0 Å². The van der Waals surface area contributed by atoms with E-state index < -0.39 is 5.60 Å². The van der Waals surface area contributed by atoms with Crippen LogP contribution in [0.15, 0.2) is 11.6 Å². The van der Waals surface area contributed by atoms with E-state index in [0.29, 0.717) is 24.4 Å². The van der Waals surface area contributed by atoms with Gasteiger partial charge in [-0.1, -0.05) is 13.8 Å². The number of esters is 1. The fourth-order valence-electron chi connectivity index (χ4n) is 8.39. The second-order valence-electron chi connectivity index (χ2n) is 10.7. The first-order valence-corrected chi connectivity index (χ1v) is 11.1. The average molecular weight is 375 g/mol. The average Bonchev–Trinajstić information content (AvgIpc) is 3.16. The number of hydrogen-bond acceptors (Lipinski definition) is 4. The molecule has 4 nitrogen and oxygen atoms in total. The molecule has 4 saturated carbocycles. The first kappa shape index (κ1) is 18.2. The van der Waals surface area contributed by atoms with Crippen LogP contribution in [-0.4, -0.2) is 34.5 Å². The maximum Gasteiger partial charge on any atom is 0.331 e. The molecule has 4 aliphatic carbocycles. The van der Waals surface area contributed by atoms with Crippen molar-refractivity contribution in [1.29, 1.82) is 0 Å². The van der Waals surface area contributed by atoms with E-state index >= 15 is 0 Å². The maximum atomic E-state index is 12.1. The van der Waals surface area contributed by atoms with Gasteiger partial charge in [0, 0.05) is 11.5 Å². The summed E-state index contributed by atoms with van der Waals surface area (Å²) in [6.45, 7) is 5.15. The van der Waals surface area contributed by atoms with Gasteiger partial charge in [0.15, 0.2) is 0 Å². The highest BCUT2D eigenvalue weighted by Gasteiger charge is 2.67. The molecule has 0 spiro atoms. The maximum absolute atomic E-state index is 12.1. The molecule has 0 bridgehead atoms. The summed E-state index contributed by atoms with van der Waals surface area (Å²) in [5.74, 6) is 1.59. The van der Waals surface area contributed by atoms with Gasteiger partial charge in [0.1, 0.15) is 6.61 Å². The van der Waals surface area contributed by atoms with Crippen molar-refractivity contribution in [1.82, 2.24) is 0 Å².